The minimum absolute atomic E-state index is 0.0206. The molecule has 0 bridgehead atoms. The van der Waals surface area contributed by atoms with Gasteiger partial charge in [-0.1, -0.05) is 34.3 Å². The number of carbonyl (C=O) groups excluding carboxylic acids is 3. The van der Waals surface area contributed by atoms with Gasteiger partial charge in [-0.3, -0.25) is 24.1 Å². The number of hydroxylamine groups is 1. The fourth-order valence-electron chi connectivity index (χ4n) is 2.91. The van der Waals surface area contributed by atoms with Crippen molar-refractivity contribution < 1.29 is 27.6 Å². The van der Waals surface area contributed by atoms with Crippen LogP contribution in [0.4, 0.5) is 4.79 Å². The Balaban J connectivity index is 1.57. The van der Waals surface area contributed by atoms with Crippen molar-refractivity contribution in [3.8, 4) is 0 Å². The normalized spacial score (nSPS) is 15.5. The Hall–Kier alpha value is -2.99. The molecule has 1 aliphatic rings. The molecule has 33 heavy (non-hydrogen) atoms. The Bertz CT molecular complexity index is 1190. The van der Waals surface area contributed by atoms with E-state index >= 15 is 0 Å². The number of rotatable bonds is 8. The lowest BCUT2D eigenvalue weighted by Gasteiger charge is -2.14. The molecule has 1 heterocycles. The van der Waals surface area contributed by atoms with Crippen LogP contribution in [0.5, 0.6) is 0 Å². The average molecular weight is 490 g/mol. The predicted octanol–water partition coefficient (Wildman–Crippen LogP) is 2.64. The minimum atomic E-state index is -3.81. The van der Waals surface area contributed by atoms with Gasteiger partial charge in [-0.05, 0) is 54.6 Å². The number of carbonyl (C=O) groups is 3. The molecule has 11 heteroatoms. The van der Waals surface area contributed by atoms with Crippen LogP contribution < -0.4 is 5.32 Å². The summed E-state index contributed by atoms with van der Waals surface area (Å²) in [4.78, 5) is 43.3. The molecular formula is C22H23N3O6S2. The maximum atomic E-state index is 12.6. The van der Waals surface area contributed by atoms with Crippen LogP contribution in [0.3, 0.4) is 0 Å². The van der Waals surface area contributed by atoms with Crippen molar-refractivity contribution in [3.63, 3.8) is 0 Å². The van der Waals surface area contributed by atoms with Crippen LogP contribution in [0, 0.1) is 6.92 Å². The summed E-state index contributed by atoms with van der Waals surface area (Å²) in [5, 5.41) is 2.23. The van der Waals surface area contributed by atoms with Crippen molar-refractivity contribution in [2.24, 2.45) is 0 Å². The summed E-state index contributed by atoms with van der Waals surface area (Å²) < 4.78 is 25.1. The fourth-order valence-corrected chi connectivity index (χ4v) is 4.75. The second-order valence-corrected chi connectivity index (χ2v) is 10.1. The van der Waals surface area contributed by atoms with E-state index in [1.54, 1.807) is 6.08 Å². The van der Waals surface area contributed by atoms with Crippen LogP contribution in [0.25, 0.3) is 6.08 Å². The summed E-state index contributed by atoms with van der Waals surface area (Å²) in [6.45, 7) is 2.04. The zero-order valence-corrected chi connectivity index (χ0v) is 19.9. The van der Waals surface area contributed by atoms with Gasteiger partial charge in [0.15, 0.2) is 0 Å². The summed E-state index contributed by atoms with van der Waals surface area (Å²) >= 11 is 0.859. The van der Waals surface area contributed by atoms with Crippen molar-refractivity contribution >= 4 is 44.9 Å². The molecule has 0 spiro atoms. The van der Waals surface area contributed by atoms with E-state index in [4.69, 9.17) is 4.84 Å². The van der Waals surface area contributed by atoms with Gasteiger partial charge in [0.1, 0.15) is 0 Å². The minimum Gasteiger partial charge on any atom is -0.350 e. The summed E-state index contributed by atoms with van der Waals surface area (Å²) in [5.41, 5.74) is 2.15. The highest BCUT2D eigenvalue weighted by Gasteiger charge is 2.34. The Morgan fingerprint density at radius 2 is 1.76 bits per heavy atom. The number of thioether (sulfide) groups is 1. The van der Waals surface area contributed by atoms with Gasteiger partial charge in [0.25, 0.3) is 27.1 Å². The molecule has 174 valence electrons. The highest BCUT2D eigenvalue weighted by Crippen LogP contribution is 2.31. The van der Waals surface area contributed by atoms with Crippen LogP contribution in [0.15, 0.2) is 58.3 Å². The van der Waals surface area contributed by atoms with Crippen molar-refractivity contribution in [3.05, 3.63) is 70.1 Å². The summed E-state index contributed by atoms with van der Waals surface area (Å²) in [6, 6.07) is 12.9. The van der Waals surface area contributed by atoms with E-state index in [1.165, 1.54) is 38.4 Å². The first-order chi connectivity index (χ1) is 15.6. The first-order valence-corrected chi connectivity index (χ1v) is 12.1. The molecule has 0 unspecified atom stereocenters. The van der Waals surface area contributed by atoms with Crippen molar-refractivity contribution in [1.29, 1.82) is 0 Å². The highest BCUT2D eigenvalue weighted by atomic mass is 32.2. The van der Waals surface area contributed by atoms with E-state index in [0.717, 1.165) is 27.8 Å². The lowest BCUT2D eigenvalue weighted by molar-refractivity contribution is -0.122. The molecule has 1 saturated heterocycles. The molecule has 0 aromatic heterocycles. The smallest absolute Gasteiger partial charge is 0.293 e. The maximum Gasteiger partial charge on any atom is 0.293 e. The first kappa shape index (κ1) is 24.6. The maximum absolute atomic E-state index is 12.6. The molecule has 1 fully saturated rings. The highest BCUT2D eigenvalue weighted by molar-refractivity contribution is 8.18. The Morgan fingerprint density at radius 1 is 1.12 bits per heavy atom. The van der Waals surface area contributed by atoms with Crippen LogP contribution >= 0.6 is 11.8 Å². The number of hydrogen-bond donors (Lipinski definition) is 1. The molecule has 0 aliphatic carbocycles. The van der Waals surface area contributed by atoms with Crippen LogP contribution in [0.2, 0.25) is 0 Å². The number of nitrogens with one attached hydrogen (secondary N) is 1. The average Bonchev–Trinajstić information content (AvgIpc) is 3.07. The lowest BCUT2D eigenvalue weighted by atomic mass is 10.1. The molecule has 3 amide bonds. The third-order valence-corrected chi connectivity index (χ3v) is 7.48. The molecule has 9 nitrogen and oxygen atoms in total. The third-order valence-electron chi connectivity index (χ3n) is 4.88. The van der Waals surface area contributed by atoms with Gasteiger partial charge in [0.05, 0.1) is 16.9 Å². The number of hydrogen-bond acceptors (Lipinski definition) is 7. The molecule has 2 aromatic rings. The van der Waals surface area contributed by atoms with Crippen molar-refractivity contribution in [2.45, 2.75) is 11.8 Å². The molecule has 3 rings (SSSR count). The largest absolute Gasteiger partial charge is 0.350 e. The molecule has 0 saturated carbocycles. The van der Waals surface area contributed by atoms with Gasteiger partial charge in [-0.2, -0.15) is 0 Å². The lowest BCUT2D eigenvalue weighted by Crippen LogP contribution is -2.37. The Morgan fingerprint density at radius 3 is 2.36 bits per heavy atom. The number of amides is 3. The van der Waals surface area contributed by atoms with Gasteiger partial charge >= 0.3 is 0 Å². The SMILES string of the molecule is CON(C)S(=O)(=O)c1ccc(C(=O)NCCN2C(=O)S/C(=C/c3ccc(C)cc3)C2=O)cc1. The Kier molecular flexibility index (Phi) is 7.69. The number of aryl methyl sites for hydroxylation is 1. The van der Waals surface area contributed by atoms with E-state index in [2.05, 4.69) is 5.32 Å². The zero-order valence-electron chi connectivity index (χ0n) is 18.3. The monoisotopic (exact) mass is 489 g/mol. The second-order valence-electron chi connectivity index (χ2n) is 7.12. The number of imide groups is 1. The summed E-state index contributed by atoms with van der Waals surface area (Å²) in [5.74, 6) is -0.863. The summed E-state index contributed by atoms with van der Waals surface area (Å²) in [7, 11) is -1.32. The van der Waals surface area contributed by atoms with Gasteiger partial charge in [0, 0.05) is 25.7 Å². The van der Waals surface area contributed by atoms with E-state index in [0.29, 0.717) is 9.37 Å². The number of benzene rings is 2. The van der Waals surface area contributed by atoms with Gasteiger partial charge in [-0.25, -0.2) is 8.42 Å². The molecule has 1 N–H and O–H groups in total. The number of sulfonamides is 1. The standard InChI is InChI=1S/C22H23N3O6S2/c1-15-4-6-16(7-5-15)14-19-21(27)25(22(28)32-19)13-12-23-20(26)17-8-10-18(11-9-17)33(29,30)24(2)31-3/h4-11,14H,12-13H2,1-3H3,(H,23,26)/b19-14+. The van der Waals surface area contributed by atoms with Crippen molar-refractivity contribution in [2.75, 3.05) is 27.2 Å². The second kappa shape index (κ2) is 10.3. The predicted molar refractivity (Wildman–Crippen MR) is 125 cm³/mol. The van der Waals surface area contributed by atoms with Crippen LogP contribution in [-0.2, 0) is 19.7 Å². The summed E-state index contributed by atoms with van der Waals surface area (Å²) in [6.07, 6.45) is 1.67. The van der Waals surface area contributed by atoms with Crippen molar-refractivity contribution in [1.82, 2.24) is 14.7 Å². The van der Waals surface area contributed by atoms with E-state index in [-0.39, 0.29) is 23.5 Å². The van der Waals surface area contributed by atoms with Gasteiger partial charge in [-0.15, -0.1) is 0 Å². The molecule has 1 aliphatic heterocycles. The zero-order chi connectivity index (χ0) is 24.2. The third kappa shape index (κ3) is 5.69. The fraction of sp³-hybridized carbons (Fsp3) is 0.227. The van der Waals surface area contributed by atoms with Gasteiger partial charge in [0.2, 0.25) is 0 Å². The van der Waals surface area contributed by atoms with Crippen LogP contribution in [0.1, 0.15) is 21.5 Å². The van der Waals surface area contributed by atoms with E-state index in [1.807, 2.05) is 31.2 Å². The van der Waals surface area contributed by atoms with E-state index in [9.17, 15) is 22.8 Å². The molecule has 2 aromatic carbocycles. The molecule has 0 atom stereocenters. The quantitative estimate of drug-likeness (QED) is 0.448. The van der Waals surface area contributed by atoms with Gasteiger partial charge < -0.3 is 5.32 Å². The van der Waals surface area contributed by atoms with Crippen LogP contribution in [-0.4, -0.2) is 62.1 Å². The molecule has 0 radical (unpaired) electrons. The molecular weight excluding hydrogens is 466 g/mol. The topological polar surface area (TPSA) is 113 Å². The van der Waals surface area contributed by atoms with E-state index < -0.39 is 27.1 Å². The number of nitrogens with zero attached hydrogens (tertiary/aromatic N) is 2. The first-order valence-electron chi connectivity index (χ1n) is 9.87. The Labute approximate surface area is 196 Å².